The number of nitrogens with zero attached hydrogens (tertiary/aromatic N) is 3. The molecule has 118 valence electrons. The van der Waals surface area contributed by atoms with Crippen molar-refractivity contribution < 1.29 is 14.3 Å². The second-order valence-corrected chi connectivity index (χ2v) is 5.94. The lowest BCUT2D eigenvalue weighted by molar-refractivity contribution is 0.0528. The lowest BCUT2D eigenvalue weighted by atomic mass is 10.0. The average Bonchev–Trinajstić information content (AvgIpc) is 3.02. The molecule has 7 nitrogen and oxygen atoms in total. The molecule has 0 fully saturated rings. The van der Waals surface area contributed by atoms with Crippen molar-refractivity contribution in [2.45, 2.75) is 20.4 Å². The number of carbonyl (C=O) groups is 1. The van der Waals surface area contributed by atoms with Crippen LogP contribution in [0.5, 0.6) is 11.8 Å². The second kappa shape index (κ2) is 5.09. The van der Waals surface area contributed by atoms with E-state index in [0.717, 1.165) is 22.2 Å². The van der Waals surface area contributed by atoms with Crippen molar-refractivity contribution in [2.24, 2.45) is 0 Å². The first-order chi connectivity index (χ1) is 11.1. The molecule has 1 aliphatic heterocycles. The van der Waals surface area contributed by atoms with Crippen LogP contribution in [0, 0.1) is 6.92 Å². The van der Waals surface area contributed by atoms with E-state index in [0.29, 0.717) is 35.2 Å². The molecule has 0 spiro atoms. The van der Waals surface area contributed by atoms with Gasteiger partial charge in [0, 0.05) is 22.2 Å². The van der Waals surface area contributed by atoms with Crippen LogP contribution < -0.4 is 4.74 Å². The highest BCUT2D eigenvalue weighted by atomic mass is 79.9. The Hall–Kier alpha value is -2.35. The van der Waals surface area contributed by atoms with Crippen molar-refractivity contribution in [3.63, 3.8) is 0 Å². The number of H-pyrrole nitrogens is 1. The van der Waals surface area contributed by atoms with Crippen LogP contribution in [0.3, 0.4) is 0 Å². The normalized spacial score (nSPS) is 12.7. The van der Waals surface area contributed by atoms with E-state index in [-0.39, 0.29) is 5.97 Å². The van der Waals surface area contributed by atoms with Gasteiger partial charge in [0.2, 0.25) is 4.73 Å². The van der Waals surface area contributed by atoms with E-state index in [1.54, 1.807) is 11.6 Å². The van der Waals surface area contributed by atoms with Crippen LogP contribution in [0.15, 0.2) is 16.9 Å². The molecule has 0 bridgehead atoms. The van der Waals surface area contributed by atoms with Gasteiger partial charge in [0.05, 0.1) is 18.7 Å². The quantitative estimate of drug-likeness (QED) is 0.543. The van der Waals surface area contributed by atoms with E-state index in [9.17, 15) is 4.79 Å². The van der Waals surface area contributed by atoms with Gasteiger partial charge in [-0.3, -0.25) is 0 Å². The largest absolute Gasteiger partial charge is 0.462 e. The second-order valence-electron chi connectivity index (χ2n) is 5.23. The number of aromatic nitrogens is 4. The fraction of sp³-hybridized carbons (Fsp3) is 0.267. The summed E-state index contributed by atoms with van der Waals surface area (Å²) in [6.45, 7) is 4.46. The maximum Gasteiger partial charge on any atom is 0.340 e. The predicted molar refractivity (Wildman–Crippen MR) is 85.9 cm³/mol. The molecule has 0 amide bonds. The summed E-state index contributed by atoms with van der Waals surface area (Å²) in [6.07, 6.45) is 0. The summed E-state index contributed by atoms with van der Waals surface area (Å²) in [7, 11) is 0. The Balaban J connectivity index is 1.94. The van der Waals surface area contributed by atoms with Crippen LogP contribution in [-0.4, -0.2) is 32.3 Å². The maximum absolute atomic E-state index is 12.4. The molecular formula is C15H13BrN4O3. The molecule has 0 unspecified atom stereocenters. The highest BCUT2D eigenvalue weighted by Crippen LogP contribution is 2.38. The minimum Gasteiger partial charge on any atom is -0.462 e. The zero-order valence-corrected chi connectivity index (χ0v) is 14.1. The number of rotatable bonds is 2. The number of ether oxygens (including phenoxy) is 2. The fourth-order valence-electron chi connectivity index (χ4n) is 2.91. The topological polar surface area (TPSA) is 82.0 Å². The van der Waals surface area contributed by atoms with E-state index >= 15 is 0 Å². The monoisotopic (exact) mass is 376 g/mol. The van der Waals surface area contributed by atoms with Gasteiger partial charge in [-0.25, -0.2) is 9.48 Å². The maximum atomic E-state index is 12.4. The van der Waals surface area contributed by atoms with Crippen LogP contribution in [0.1, 0.15) is 28.5 Å². The summed E-state index contributed by atoms with van der Waals surface area (Å²) in [4.78, 5) is 19.8. The third kappa shape index (κ3) is 2.13. The molecular weight excluding hydrogens is 364 g/mol. The summed E-state index contributed by atoms with van der Waals surface area (Å²) < 4.78 is 13.1. The van der Waals surface area contributed by atoms with Gasteiger partial charge in [0.25, 0.3) is 0 Å². The Morgan fingerprint density at radius 1 is 1.52 bits per heavy atom. The predicted octanol–water partition coefficient (Wildman–Crippen LogP) is 3.16. The number of benzene rings is 1. The molecule has 0 radical (unpaired) electrons. The summed E-state index contributed by atoms with van der Waals surface area (Å²) in [6, 6.07) is 4.19. The summed E-state index contributed by atoms with van der Waals surface area (Å²) in [5.41, 5.74) is 3.08. The third-order valence-corrected chi connectivity index (χ3v) is 4.15. The number of aryl methyl sites for hydroxylation is 1. The summed E-state index contributed by atoms with van der Waals surface area (Å²) in [5.74, 6) is 0.338. The SMILES string of the molecule is CCOC(=O)c1c(C)[nH]c2ccc3c(c12)Cn1nc(Br)nc1O3. The number of carbonyl (C=O) groups excluding carboxylic acids is 1. The van der Waals surface area contributed by atoms with E-state index in [2.05, 4.69) is 31.0 Å². The molecule has 1 aromatic carbocycles. The molecule has 3 aromatic rings. The molecule has 1 aliphatic rings. The van der Waals surface area contributed by atoms with Gasteiger partial charge >= 0.3 is 12.0 Å². The molecule has 0 saturated heterocycles. The van der Waals surface area contributed by atoms with Gasteiger partial charge in [-0.2, -0.15) is 4.98 Å². The molecule has 2 aromatic heterocycles. The van der Waals surface area contributed by atoms with Crippen molar-refractivity contribution in [2.75, 3.05) is 6.61 Å². The van der Waals surface area contributed by atoms with Gasteiger partial charge in [0.1, 0.15) is 5.75 Å². The number of aromatic amines is 1. The van der Waals surface area contributed by atoms with Crippen molar-refractivity contribution in [3.8, 4) is 11.8 Å². The zero-order chi connectivity index (χ0) is 16.1. The minimum atomic E-state index is -0.338. The van der Waals surface area contributed by atoms with Crippen LogP contribution in [-0.2, 0) is 11.3 Å². The Kier molecular flexibility index (Phi) is 3.15. The number of halogens is 1. The lowest BCUT2D eigenvalue weighted by Crippen LogP contribution is -2.13. The summed E-state index contributed by atoms with van der Waals surface area (Å²) >= 11 is 3.25. The van der Waals surface area contributed by atoms with Crippen LogP contribution >= 0.6 is 15.9 Å². The number of hydrogen-bond acceptors (Lipinski definition) is 5. The lowest BCUT2D eigenvalue weighted by Gasteiger charge is -2.18. The molecule has 8 heteroatoms. The van der Waals surface area contributed by atoms with E-state index in [1.807, 2.05) is 19.1 Å². The number of fused-ring (bicyclic) bond motifs is 4. The Morgan fingerprint density at radius 2 is 2.35 bits per heavy atom. The Morgan fingerprint density at radius 3 is 3.13 bits per heavy atom. The van der Waals surface area contributed by atoms with Gasteiger partial charge in [-0.05, 0) is 41.9 Å². The zero-order valence-electron chi connectivity index (χ0n) is 12.5. The van der Waals surface area contributed by atoms with Gasteiger partial charge in [-0.15, -0.1) is 5.10 Å². The minimum absolute atomic E-state index is 0.330. The first-order valence-corrected chi connectivity index (χ1v) is 7.97. The number of nitrogens with one attached hydrogen (secondary N) is 1. The van der Waals surface area contributed by atoms with Crippen molar-refractivity contribution in [3.05, 3.63) is 33.7 Å². The van der Waals surface area contributed by atoms with Crippen molar-refractivity contribution >= 4 is 32.8 Å². The fourth-order valence-corrected chi connectivity index (χ4v) is 3.25. The van der Waals surface area contributed by atoms with Gasteiger partial charge < -0.3 is 14.5 Å². The van der Waals surface area contributed by atoms with E-state index < -0.39 is 0 Å². The number of esters is 1. The van der Waals surface area contributed by atoms with Gasteiger partial charge in [-0.1, -0.05) is 0 Å². The van der Waals surface area contributed by atoms with Crippen LogP contribution in [0.4, 0.5) is 0 Å². The van der Waals surface area contributed by atoms with Crippen LogP contribution in [0.2, 0.25) is 0 Å². The molecule has 23 heavy (non-hydrogen) atoms. The molecule has 0 atom stereocenters. The van der Waals surface area contributed by atoms with E-state index in [1.165, 1.54) is 0 Å². The standard InChI is InChI=1S/C15H13BrN4O3/c1-3-22-13(21)11-7(2)17-9-4-5-10-8(12(9)11)6-20-15(23-10)18-14(16)19-20/h4-5,17H,3,6H2,1-2H3. The molecule has 1 N–H and O–H groups in total. The Bertz CT molecular complexity index is 944. The molecule has 4 rings (SSSR count). The average molecular weight is 377 g/mol. The van der Waals surface area contributed by atoms with Crippen molar-refractivity contribution in [1.29, 1.82) is 0 Å². The molecule has 3 heterocycles. The molecule has 0 saturated carbocycles. The smallest absolute Gasteiger partial charge is 0.340 e. The van der Waals surface area contributed by atoms with E-state index in [4.69, 9.17) is 9.47 Å². The highest BCUT2D eigenvalue weighted by molar-refractivity contribution is 9.10. The molecule has 0 aliphatic carbocycles. The van der Waals surface area contributed by atoms with Crippen LogP contribution in [0.25, 0.3) is 10.9 Å². The van der Waals surface area contributed by atoms with Crippen molar-refractivity contribution in [1.82, 2.24) is 19.7 Å². The first-order valence-electron chi connectivity index (χ1n) is 7.18. The Labute approximate surface area is 139 Å². The highest BCUT2D eigenvalue weighted by Gasteiger charge is 2.27. The summed E-state index contributed by atoms with van der Waals surface area (Å²) in [5, 5.41) is 5.06. The third-order valence-electron chi connectivity index (χ3n) is 3.82. The van der Waals surface area contributed by atoms with Gasteiger partial charge in [0.15, 0.2) is 0 Å². The first kappa shape index (κ1) is 14.3. The number of hydrogen-bond donors (Lipinski definition) is 1.